The first kappa shape index (κ1) is 15.9. The summed E-state index contributed by atoms with van der Waals surface area (Å²) in [5.74, 6) is 1.01. The van der Waals surface area contributed by atoms with Crippen molar-refractivity contribution >= 4 is 11.8 Å². The van der Waals surface area contributed by atoms with E-state index in [1.807, 2.05) is 19.3 Å². The van der Waals surface area contributed by atoms with Crippen molar-refractivity contribution in [1.82, 2.24) is 30.5 Å². The summed E-state index contributed by atoms with van der Waals surface area (Å²) in [6.07, 6.45) is 4.75. The molecule has 0 saturated heterocycles. The summed E-state index contributed by atoms with van der Waals surface area (Å²) in [6, 6.07) is 4.02. The summed E-state index contributed by atoms with van der Waals surface area (Å²) in [6.45, 7) is 1.84. The van der Waals surface area contributed by atoms with Crippen molar-refractivity contribution in [3.63, 3.8) is 0 Å². The van der Waals surface area contributed by atoms with Gasteiger partial charge < -0.3 is 17.7 Å². The van der Waals surface area contributed by atoms with Gasteiger partial charge >= 0.3 is 0 Å². The number of halogens is 1. The van der Waals surface area contributed by atoms with E-state index < -0.39 is 0 Å². The molecule has 2 heterocycles. The number of rotatable bonds is 7. The van der Waals surface area contributed by atoms with Crippen LogP contribution in [0.5, 0.6) is 0 Å². The van der Waals surface area contributed by atoms with Gasteiger partial charge in [-0.1, -0.05) is 17.8 Å². The molecular weight excluding hydrogens is 284 g/mol. The first-order chi connectivity index (χ1) is 8.86. The molecule has 0 aliphatic heterocycles. The first-order valence-electron chi connectivity index (χ1n) is 5.81. The number of hydrogen-bond donors (Lipinski definition) is 1. The molecule has 0 spiro atoms. The largest absolute Gasteiger partial charge is 1.00 e. The highest BCUT2D eigenvalue weighted by molar-refractivity contribution is 7.99. The molecule has 0 bridgehead atoms. The average Bonchev–Trinajstić information content (AvgIpc) is 2.81. The second kappa shape index (κ2) is 8.84. The summed E-state index contributed by atoms with van der Waals surface area (Å²) in [7, 11) is 1.85. The van der Waals surface area contributed by atoms with Gasteiger partial charge in [0.25, 0.3) is 0 Å². The first-order valence-corrected chi connectivity index (χ1v) is 6.79. The van der Waals surface area contributed by atoms with Crippen molar-refractivity contribution in [2.75, 3.05) is 12.3 Å². The Hall–Kier alpha value is -1.18. The smallest absolute Gasteiger partial charge is 0.209 e. The molecule has 2 aromatic heterocycles. The zero-order valence-electron chi connectivity index (χ0n) is 10.7. The minimum absolute atomic E-state index is 0. The molecule has 2 aromatic rings. The molecule has 6 nitrogen and oxygen atoms in total. The quantitative estimate of drug-likeness (QED) is 0.466. The number of thioether (sulfide) groups is 1. The molecule has 0 fully saturated rings. The van der Waals surface area contributed by atoms with Gasteiger partial charge in [0.1, 0.15) is 0 Å². The van der Waals surface area contributed by atoms with Crippen LogP contribution >= 0.6 is 11.8 Å². The predicted molar refractivity (Wildman–Crippen MR) is 70.1 cm³/mol. The van der Waals surface area contributed by atoms with Crippen LogP contribution in [0, 0.1) is 0 Å². The van der Waals surface area contributed by atoms with Crippen molar-refractivity contribution in [2.24, 2.45) is 7.05 Å². The van der Waals surface area contributed by atoms with E-state index in [1.54, 1.807) is 22.6 Å². The number of pyridine rings is 1. The van der Waals surface area contributed by atoms with Crippen LogP contribution in [-0.2, 0) is 13.6 Å². The number of aromatic nitrogens is 5. The van der Waals surface area contributed by atoms with Crippen LogP contribution in [0.1, 0.15) is 12.0 Å². The van der Waals surface area contributed by atoms with E-state index in [2.05, 4.69) is 31.9 Å². The number of nitrogens with one attached hydrogen (secondary N) is 1. The third kappa shape index (κ3) is 5.54. The van der Waals surface area contributed by atoms with E-state index in [1.165, 1.54) is 5.56 Å². The summed E-state index contributed by atoms with van der Waals surface area (Å²) in [4.78, 5) is 4.07. The number of hydrogen-bond acceptors (Lipinski definition) is 6. The number of nitrogens with zero attached hydrogens (tertiary/aromatic N) is 5. The molecule has 0 radical (unpaired) electrons. The lowest BCUT2D eigenvalue weighted by Gasteiger charge is -2.03. The Bertz CT molecular complexity index is 463. The third-order valence-corrected chi connectivity index (χ3v) is 3.46. The summed E-state index contributed by atoms with van der Waals surface area (Å²) < 4.78 is 1.69. The van der Waals surface area contributed by atoms with Crippen LogP contribution in [0.2, 0.25) is 0 Å². The maximum atomic E-state index is 4.07. The summed E-state index contributed by atoms with van der Waals surface area (Å²) in [5, 5.41) is 15.5. The zero-order valence-corrected chi connectivity index (χ0v) is 12.2. The van der Waals surface area contributed by atoms with Crippen LogP contribution in [0.25, 0.3) is 0 Å². The lowest BCUT2D eigenvalue weighted by Crippen LogP contribution is -3.00. The Morgan fingerprint density at radius 2 is 2.32 bits per heavy atom. The van der Waals surface area contributed by atoms with Gasteiger partial charge in [0, 0.05) is 31.7 Å². The lowest BCUT2D eigenvalue weighted by molar-refractivity contribution is -0.00000400. The molecule has 104 valence electrons. The van der Waals surface area contributed by atoms with Crippen LogP contribution in [-0.4, -0.2) is 37.5 Å². The molecule has 2 rings (SSSR count). The number of aryl methyl sites for hydroxylation is 1. The molecule has 0 unspecified atom stereocenters. The van der Waals surface area contributed by atoms with Gasteiger partial charge in [0.15, 0.2) is 0 Å². The van der Waals surface area contributed by atoms with Crippen LogP contribution in [0.4, 0.5) is 0 Å². The third-order valence-electron chi connectivity index (χ3n) is 2.36. The van der Waals surface area contributed by atoms with E-state index >= 15 is 0 Å². The summed E-state index contributed by atoms with van der Waals surface area (Å²) in [5.41, 5.74) is 1.21. The van der Waals surface area contributed by atoms with Crippen LogP contribution < -0.4 is 17.7 Å². The van der Waals surface area contributed by atoms with Crippen LogP contribution in [0.3, 0.4) is 0 Å². The van der Waals surface area contributed by atoms with Crippen molar-refractivity contribution in [3.05, 3.63) is 30.1 Å². The monoisotopic (exact) mass is 299 g/mol. The summed E-state index contributed by atoms with van der Waals surface area (Å²) >= 11 is 1.67. The minimum Gasteiger partial charge on any atom is -1.00 e. The van der Waals surface area contributed by atoms with Gasteiger partial charge in [-0.3, -0.25) is 4.98 Å². The molecule has 0 saturated carbocycles. The van der Waals surface area contributed by atoms with Gasteiger partial charge in [0.05, 0.1) is 0 Å². The highest BCUT2D eigenvalue weighted by Crippen LogP contribution is 2.12. The maximum absolute atomic E-state index is 4.07. The molecule has 19 heavy (non-hydrogen) atoms. The SMILES string of the molecule is Cn1nnnc1SCCCNCc1cccnc1.[Cl-]. The van der Waals surface area contributed by atoms with E-state index in [-0.39, 0.29) is 12.4 Å². The minimum atomic E-state index is 0. The van der Waals surface area contributed by atoms with Gasteiger partial charge in [-0.2, -0.15) is 0 Å². The molecule has 0 amide bonds. The molecule has 8 heteroatoms. The predicted octanol–water partition coefficient (Wildman–Crippen LogP) is -2.12. The highest BCUT2D eigenvalue weighted by Gasteiger charge is 2.01. The normalized spacial score (nSPS) is 10.2. The fourth-order valence-electron chi connectivity index (χ4n) is 1.44. The Labute approximate surface area is 122 Å². The van der Waals surface area contributed by atoms with E-state index in [4.69, 9.17) is 0 Å². The van der Waals surface area contributed by atoms with Crippen molar-refractivity contribution in [1.29, 1.82) is 0 Å². The molecular formula is C11H16ClN6S-. The van der Waals surface area contributed by atoms with Crippen molar-refractivity contribution in [2.45, 2.75) is 18.1 Å². The number of tetrazole rings is 1. The molecule has 0 atom stereocenters. The van der Waals surface area contributed by atoms with Gasteiger partial charge in [-0.25, -0.2) is 4.68 Å². The van der Waals surface area contributed by atoms with E-state index in [9.17, 15) is 0 Å². The van der Waals surface area contributed by atoms with Gasteiger partial charge in [-0.05, 0) is 35.0 Å². The van der Waals surface area contributed by atoms with Gasteiger partial charge in [0.2, 0.25) is 5.16 Å². The second-order valence-corrected chi connectivity index (χ2v) is 4.89. The topological polar surface area (TPSA) is 68.5 Å². The van der Waals surface area contributed by atoms with E-state index in [0.29, 0.717) is 0 Å². The highest BCUT2D eigenvalue weighted by atomic mass is 35.5. The standard InChI is InChI=1S/C11H16N6S.ClH/c1-17-11(14-15-16-17)18-7-3-6-13-9-10-4-2-5-12-8-10;/h2,4-5,8,13H,3,6-7,9H2,1H3;1H/p-1. The average molecular weight is 300 g/mol. The molecule has 0 aromatic carbocycles. The van der Waals surface area contributed by atoms with Gasteiger partial charge in [-0.15, -0.1) is 5.10 Å². The Kier molecular flexibility index (Phi) is 7.39. The van der Waals surface area contributed by atoms with Crippen molar-refractivity contribution < 1.29 is 12.4 Å². The molecule has 1 N–H and O–H groups in total. The Morgan fingerprint density at radius 1 is 1.42 bits per heavy atom. The van der Waals surface area contributed by atoms with Crippen molar-refractivity contribution in [3.8, 4) is 0 Å². The maximum Gasteiger partial charge on any atom is 0.209 e. The zero-order chi connectivity index (χ0) is 12.6. The fraction of sp³-hybridized carbons (Fsp3) is 0.455. The molecule has 0 aliphatic carbocycles. The Morgan fingerprint density at radius 3 is 3.00 bits per heavy atom. The second-order valence-electron chi connectivity index (χ2n) is 3.83. The fourth-order valence-corrected chi connectivity index (χ4v) is 2.23. The molecule has 0 aliphatic rings. The van der Waals surface area contributed by atoms with E-state index in [0.717, 1.165) is 30.4 Å². The van der Waals surface area contributed by atoms with Crippen LogP contribution in [0.15, 0.2) is 29.7 Å². The lowest BCUT2D eigenvalue weighted by atomic mass is 10.3. The Balaban J connectivity index is 0.00000180.